The predicted octanol–water partition coefficient (Wildman–Crippen LogP) is 1.42. The Balaban J connectivity index is 2.33. The Morgan fingerprint density at radius 3 is 3.06 bits per heavy atom. The van der Waals surface area contributed by atoms with Gasteiger partial charge in [-0.15, -0.1) is 11.3 Å². The second-order valence-electron chi connectivity index (χ2n) is 3.68. The standard InChI is InChI=1S/C10H15N5OS/c1-6(5-16-2)12-8-7-3-4-17-9(7)14-10(13-8)15-11/h3-4,6H,5,11H2,1-2H3,(H2,12,13,14,15). The van der Waals surface area contributed by atoms with Gasteiger partial charge in [0.2, 0.25) is 5.95 Å². The lowest BCUT2D eigenvalue weighted by atomic mass is 10.3. The minimum Gasteiger partial charge on any atom is -0.383 e. The van der Waals surface area contributed by atoms with Crippen LogP contribution in [0.5, 0.6) is 0 Å². The molecule has 0 saturated carbocycles. The van der Waals surface area contributed by atoms with E-state index < -0.39 is 0 Å². The molecule has 0 saturated heterocycles. The first-order valence-corrected chi connectivity index (χ1v) is 6.10. The van der Waals surface area contributed by atoms with E-state index in [9.17, 15) is 0 Å². The minimum atomic E-state index is 0.170. The van der Waals surface area contributed by atoms with Crippen LogP contribution in [0.4, 0.5) is 11.8 Å². The molecular formula is C10H15N5OS. The maximum absolute atomic E-state index is 5.35. The second-order valence-corrected chi connectivity index (χ2v) is 4.57. The molecule has 1 unspecified atom stereocenters. The molecule has 2 heterocycles. The monoisotopic (exact) mass is 253 g/mol. The van der Waals surface area contributed by atoms with Crippen LogP contribution in [-0.2, 0) is 4.74 Å². The van der Waals surface area contributed by atoms with E-state index in [4.69, 9.17) is 10.6 Å². The highest BCUT2D eigenvalue weighted by atomic mass is 32.1. The van der Waals surface area contributed by atoms with Crippen LogP contribution in [0, 0.1) is 0 Å². The van der Waals surface area contributed by atoms with Crippen molar-refractivity contribution in [1.29, 1.82) is 0 Å². The summed E-state index contributed by atoms with van der Waals surface area (Å²) in [6.07, 6.45) is 0. The van der Waals surface area contributed by atoms with E-state index in [1.54, 1.807) is 18.4 Å². The number of ether oxygens (including phenoxy) is 1. The summed E-state index contributed by atoms with van der Waals surface area (Å²) in [6.45, 7) is 2.64. The zero-order valence-corrected chi connectivity index (χ0v) is 10.5. The molecule has 0 fully saturated rings. The topological polar surface area (TPSA) is 85.1 Å². The molecule has 0 bridgehead atoms. The zero-order chi connectivity index (χ0) is 12.3. The van der Waals surface area contributed by atoms with E-state index in [0.29, 0.717) is 12.6 Å². The molecule has 0 aromatic carbocycles. The van der Waals surface area contributed by atoms with Crippen LogP contribution in [0.15, 0.2) is 11.4 Å². The van der Waals surface area contributed by atoms with Crippen molar-refractivity contribution in [3.05, 3.63) is 11.4 Å². The van der Waals surface area contributed by atoms with E-state index in [2.05, 4.69) is 20.7 Å². The number of nitrogens with zero attached hydrogens (tertiary/aromatic N) is 2. The van der Waals surface area contributed by atoms with Crippen LogP contribution in [0.1, 0.15) is 6.92 Å². The molecular weight excluding hydrogens is 238 g/mol. The molecule has 17 heavy (non-hydrogen) atoms. The molecule has 2 rings (SSSR count). The summed E-state index contributed by atoms with van der Waals surface area (Å²) in [6, 6.07) is 2.16. The number of methoxy groups -OCH3 is 1. The van der Waals surface area contributed by atoms with E-state index in [-0.39, 0.29) is 6.04 Å². The Kier molecular flexibility index (Phi) is 3.72. The Labute approximate surface area is 103 Å². The normalized spacial score (nSPS) is 12.6. The highest BCUT2D eigenvalue weighted by Gasteiger charge is 2.10. The quantitative estimate of drug-likeness (QED) is 0.552. The molecule has 0 amide bonds. The highest BCUT2D eigenvalue weighted by molar-refractivity contribution is 7.16. The van der Waals surface area contributed by atoms with Gasteiger partial charge in [0, 0.05) is 13.2 Å². The maximum atomic E-state index is 5.35. The fraction of sp³-hybridized carbons (Fsp3) is 0.400. The molecule has 2 aromatic heterocycles. The van der Waals surface area contributed by atoms with Gasteiger partial charge in [-0.25, -0.2) is 10.8 Å². The SMILES string of the molecule is COCC(C)Nc1nc(NN)nc2sccc12. The third-order valence-electron chi connectivity index (χ3n) is 2.25. The third-order valence-corrected chi connectivity index (χ3v) is 3.06. The average molecular weight is 253 g/mol. The van der Waals surface area contributed by atoms with Gasteiger partial charge in [-0.3, -0.25) is 5.43 Å². The second kappa shape index (κ2) is 5.26. The van der Waals surface area contributed by atoms with Crippen molar-refractivity contribution in [3.8, 4) is 0 Å². The van der Waals surface area contributed by atoms with Gasteiger partial charge in [0.15, 0.2) is 0 Å². The Bertz CT molecular complexity index is 500. The molecule has 0 aliphatic heterocycles. The first kappa shape index (κ1) is 12.0. The Hall–Kier alpha value is -1.44. The molecule has 6 nitrogen and oxygen atoms in total. The molecule has 0 aliphatic rings. The Morgan fingerprint density at radius 1 is 1.53 bits per heavy atom. The number of fused-ring (bicyclic) bond motifs is 1. The average Bonchev–Trinajstić information content (AvgIpc) is 2.77. The van der Waals surface area contributed by atoms with Crippen LogP contribution in [0.25, 0.3) is 10.2 Å². The van der Waals surface area contributed by atoms with Crippen molar-refractivity contribution >= 4 is 33.3 Å². The van der Waals surface area contributed by atoms with Crippen molar-refractivity contribution in [2.24, 2.45) is 5.84 Å². The molecule has 1 atom stereocenters. The van der Waals surface area contributed by atoms with Gasteiger partial charge in [-0.1, -0.05) is 0 Å². The number of hydrogen-bond donors (Lipinski definition) is 3. The van der Waals surface area contributed by atoms with E-state index in [1.165, 1.54) is 0 Å². The summed E-state index contributed by atoms with van der Waals surface area (Å²) >= 11 is 1.55. The predicted molar refractivity (Wildman–Crippen MR) is 70.2 cm³/mol. The minimum absolute atomic E-state index is 0.170. The van der Waals surface area contributed by atoms with Crippen LogP contribution < -0.4 is 16.6 Å². The highest BCUT2D eigenvalue weighted by Crippen LogP contribution is 2.26. The lowest BCUT2D eigenvalue weighted by molar-refractivity contribution is 0.190. The van der Waals surface area contributed by atoms with Gasteiger partial charge in [0.25, 0.3) is 0 Å². The zero-order valence-electron chi connectivity index (χ0n) is 9.73. The smallest absolute Gasteiger partial charge is 0.240 e. The lowest BCUT2D eigenvalue weighted by Gasteiger charge is -2.14. The van der Waals surface area contributed by atoms with Crippen molar-refractivity contribution in [2.45, 2.75) is 13.0 Å². The van der Waals surface area contributed by atoms with Crippen LogP contribution >= 0.6 is 11.3 Å². The van der Waals surface area contributed by atoms with Crippen molar-refractivity contribution in [1.82, 2.24) is 9.97 Å². The number of anilines is 2. The number of nitrogens with two attached hydrogens (primary N) is 1. The molecule has 0 radical (unpaired) electrons. The first-order valence-electron chi connectivity index (χ1n) is 5.22. The summed E-state index contributed by atoms with van der Waals surface area (Å²) in [5.74, 6) is 6.53. The third kappa shape index (κ3) is 2.63. The number of nitrogens with one attached hydrogen (secondary N) is 2. The number of thiophene rings is 1. The van der Waals surface area contributed by atoms with Gasteiger partial charge >= 0.3 is 0 Å². The molecule has 0 aliphatic carbocycles. The number of aromatic nitrogens is 2. The number of hydrogen-bond acceptors (Lipinski definition) is 7. The molecule has 4 N–H and O–H groups in total. The molecule has 2 aromatic rings. The summed E-state index contributed by atoms with van der Waals surface area (Å²) < 4.78 is 5.08. The van der Waals surface area contributed by atoms with Crippen LogP contribution in [0.2, 0.25) is 0 Å². The van der Waals surface area contributed by atoms with Gasteiger partial charge < -0.3 is 10.1 Å². The van der Waals surface area contributed by atoms with Gasteiger partial charge in [-0.2, -0.15) is 4.98 Å². The first-order chi connectivity index (χ1) is 8.24. The van der Waals surface area contributed by atoms with Crippen LogP contribution in [0.3, 0.4) is 0 Å². The molecule has 7 heteroatoms. The molecule has 0 spiro atoms. The van der Waals surface area contributed by atoms with Gasteiger partial charge in [-0.05, 0) is 18.4 Å². The summed E-state index contributed by atoms with van der Waals surface area (Å²) in [7, 11) is 1.67. The number of nitrogen functional groups attached to an aromatic ring is 1. The van der Waals surface area contributed by atoms with Crippen molar-refractivity contribution < 1.29 is 4.74 Å². The fourth-order valence-electron chi connectivity index (χ4n) is 1.56. The van der Waals surface area contributed by atoms with Crippen LogP contribution in [-0.4, -0.2) is 29.7 Å². The van der Waals surface area contributed by atoms with Gasteiger partial charge in [0.1, 0.15) is 10.6 Å². The Morgan fingerprint density at radius 2 is 2.35 bits per heavy atom. The van der Waals surface area contributed by atoms with Crippen molar-refractivity contribution in [3.63, 3.8) is 0 Å². The van der Waals surface area contributed by atoms with E-state index >= 15 is 0 Å². The summed E-state index contributed by atoms with van der Waals surface area (Å²) in [5.41, 5.74) is 2.47. The largest absolute Gasteiger partial charge is 0.383 e. The number of rotatable bonds is 5. The van der Waals surface area contributed by atoms with Crippen molar-refractivity contribution in [2.75, 3.05) is 24.5 Å². The number of hydrazine groups is 1. The van der Waals surface area contributed by atoms with E-state index in [1.807, 2.05) is 18.4 Å². The fourth-order valence-corrected chi connectivity index (χ4v) is 2.32. The molecule has 92 valence electrons. The summed E-state index contributed by atoms with van der Waals surface area (Å²) in [4.78, 5) is 9.48. The maximum Gasteiger partial charge on any atom is 0.240 e. The lowest BCUT2D eigenvalue weighted by Crippen LogP contribution is -2.22. The van der Waals surface area contributed by atoms with E-state index in [0.717, 1.165) is 16.0 Å². The summed E-state index contributed by atoms with van der Waals surface area (Å²) in [5, 5.41) is 6.26. The van der Waals surface area contributed by atoms with Gasteiger partial charge in [0.05, 0.1) is 12.0 Å².